The van der Waals surface area contributed by atoms with Gasteiger partial charge in [0.15, 0.2) is 0 Å². The van der Waals surface area contributed by atoms with Crippen molar-refractivity contribution in [3.63, 3.8) is 0 Å². The average molecular weight is 298 g/mol. The average Bonchev–Trinajstić information content (AvgIpc) is 2.43. The fraction of sp³-hybridized carbons (Fsp3) is 0.357. The predicted octanol–water partition coefficient (Wildman–Crippen LogP) is 2.56. The van der Waals surface area contributed by atoms with E-state index in [0.717, 1.165) is 11.8 Å². The van der Waals surface area contributed by atoms with Crippen LogP contribution in [0.3, 0.4) is 0 Å². The largest absolute Gasteiger partial charge is 0.466 e. The van der Waals surface area contributed by atoms with Crippen molar-refractivity contribution in [1.82, 2.24) is 0 Å². The molecule has 6 heteroatoms. The standard InChI is InChI=1S/C14H18O5S/c1-4-5-12(14(15)18-3)10-19-20(16,17)13-8-6-11(2)7-9-13/h6-10H,4-5H2,1-3H3. The van der Waals surface area contributed by atoms with Crippen molar-refractivity contribution in [2.45, 2.75) is 31.6 Å². The van der Waals surface area contributed by atoms with E-state index in [1.54, 1.807) is 12.1 Å². The molecule has 0 aliphatic rings. The van der Waals surface area contributed by atoms with Crippen LogP contribution < -0.4 is 0 Å². The second-order valence-corrected chi connectivity index (χ2v) is 5.82. The summed E-state index contributed by atoms with van der Waals surface area (Å²) in [6, 6.07) is 6.26. The number of hydrogen-bond donors (Lipinski definition) is 0. The van der Waals surface area contributed by atoms with E-state index < -0.39 is 16.1 Å². The van der Waals surface area contributed by atoms with E-state index in [4.69, 9.17) is 4.18 Å². The first-order valence-corrected chi connectivity index (χ1v) is 7.59. The van der Waals surface area contributed by atoms with Gasteiger partial charge in [0.2, 0.25) is 0 Å². The van der Waals surface area contributed by atoms with Gasteiger partial charge in [-0.25, -0.2) is 4.79 Å². The van der Waals surface area contributed by atoms with Crippen molar-refractivity contribution in [1.29, 1.82) is 0 Å². The molecular weight excluding hydrogens is 280 g/mol. The normalized spacial score (nSPS) is 12.1. The van der Waals surface area contributed by atoms with Gasteiger partial charge in [-0.15, -0.1) is 0 Å². The zero-order valence-electron chi connectivity index (χ0n) is 11.8. The summed E-state index contributed by atoms with van der Waals surface area (Å²) in [4.78, 5) is 11.5. The third kappa shape index (κ3) is 4.38. The Bertz CT molecular complexity index is 584. The van der Waals surface area contributed by atoms with Gasteiger partial charge in [-0.05, 0) is 25.5 Å². The number of carbonyl (C=O) groups is 1. The number of hydrogen-bond acceptors (Lipinski definition) is 5. The molecule has 0 spiro atoms. The number of esters is 1. The van der Waals surface area contributed by atoms with Gasteiger partial charge >= 0.3 is 16.1 Å². The Morgan fingerprint density at radius 1 is 1.25 bits per heavy atom. The molecule has 0 amide bonds. The summed E-state index contributed by atoms with van der Waals surface area (Å²) in [6.45, 7) is 3.72. The molecule has 0 fully saturated rings. The molecule has 0 bridgehead atoms. The summed E-state index contributed by atoms with van der Waals surface area (Å²) in [6.07, 6.45) is 2.01. The van der Waals surface area contributed by atoms with Gasteiger partial charge in [0, 0.05) is 0 Å². The summed E-state index contributed by atoms with van der Waals surface area (Å²) in [7, 11) is -2.68. The van der Waals surface area contributed by atoms with Crippen molar-refractivity contribution in [2.24, 2.45) is 0 Å². The van der Waals surface area contributed by atoms with Crippen molar-refractivity contribution in [2.75, 3.05) is 7.11 Å². The van der Waals surface area contributed by atoms with Crippen molar-refractivity contribution in [3.8, 4) is 0 Å². The van der Waals surface area contributed by atoms with Crippen LogP contribution in [0.2, 0.25) is 0 Å². The number of ether oxygens (including phenoxy) is 1. The third-order valence-electron chi connectivity index (χ3n) is 2.59. The van der Waals surface area contributed by atoms with Crippen LogP contribution in [0.25, 0.3) is 0 Å². The molecule has 0 radical (unpaired) electrons. The predicted molar refractivity (Wildman–Crippen MR) is 74.5 cm³/mol. The third-order valence-corrected chi connectivity index (χ3v) is 3.79. The van der Waals surface area contributed by atoms with E-state index in [-0.39, 0.29) is 10.5 Å². The molecule has 0 aliphatic heterocycles. The molecule has 0 unspecified atom stereocenters. The van der Waals surface area contributed by atoms with E-state index in [0.29, 0.717) is 12.8 Å². The molecule has 0 atom stereocenters. The molecule has 110 valence electrons. The maximum atomic E-state index is 11.9. The minimum absolute atomic E-state index is 0.0417. The lowest BCUT2D eigenvalue weighted by molar-refractivity contribution is -0.136. The SMILES string of the molecule is CCCC(=COS(=O)(=O)c1ccc(C)cc1)C(=O)OC. The van der Waals surface area contributed by atoms with Crippen LogP contribution in [0, 0.1) is 6.92 Å². The van der Waals surface area contributed by atoms with Crippen molar-refractivity contribution >= 4 is 16.1 Å². The zero-order valence-corrected chi connectivity index (χ0v) is 12.6. The maximum Gasteiger partial charge on any atom is 0.338 e. The van der Waals surface area contributed by atoms with Crippen LogP contribution in [0.1, 0.15) is 25.3 Å². The topological polar surface area (TPSA) is 69.7 Å². The Kier molecular flexibility index (Phi) is 5.76. The Labute approximate surface area is 119 Å². The van der Waals surface area contributed by atoms with E-state index in [2.05, 4.69) is 4.74 Å². The van der Waals surface area contributed by atoms with Crippen LogP contribution in [0.5, 0.6) is 0 Å². The minimum Gasteiger partial charge on any atom is -0.466 e. The molecule has 20 heavy (non-hydrogen) atoms. The molecule has 0 aromatic heterocycles. The number of rotatable bonds is 6. The highest BCUT2D eigenvalue weighted by Crippen LogP contribution is 2.15. The monoisotopic (exact) mass is 298 g/mol. The van der Waals surface area contributed by atoms with Gasteiger partial charge in [-0.3, -0.25) is 0 Å². The maximum absolute atomic E-state index is 11.9. The van der Waals surface area contributed by atoms with Crippen LogP contribution >= 0.6 is 0 Å². The number of methoxy groups -OCH3 is 1. The van der Waals surface area contributed by atoms with Crippen LogP contribution in [-0.2, 0) is 23.8 Å². The number of carbonyl (C=O) groups excluding carboxylic acids is 1. The molecule has 0 N–H and O–H groups in total. The summed E-state index contributed by atoms with van der Waals surface area (Å²) in [5.41, 5.74) is 1.13. The number of aryl methyl sites for hydroxylation is 1. The van der Waals surface area contributed by atoms with Gasteiger partial charge in [-0.2, -0.15) is 8.42 Å². The summed E-state index contributed by atoms with van der Waals surface area (Å²) >= 11 is 0. The Morgan fingerprint density at radius 2 is 1.85 bits per heavy atom. The Balaban J connectivity index is 2.94. The Morgan fingerprint density at radius 3 is 2.35 bits per heavy atom. The molecule has 1 aromatic carbocycles. The summed E-state index contributed by atoms with van der Waals surface area (Å²) < 4.78 is 33.3. The highest BCUT2D eigenvalue weighted by atomic mass is 32.2. The van der Waals surface area contributed by atoms with Gasteiger partial charge in [0.25, 0.3) is 0 Å². The molecule has 0 aliphatic carbocycles. The molecule has 5 nitrogen and oxygen atoms in total. The smallest absolute Gasteiger partial charge is 0.338 e. The second kappa shape index (κ2) is 7.09. The summed E-state index contributed by atoms with van der Waals surface area (Å²) in [5.74, 6) is -0.592. The first-order valence-electron chi connectivity index (χ1n) is 6.18. The van der Waals surface area contributed by atoms with Crippen LogP contribution in [0.4, 0.5) is 0 Å². The second-order valence-electron chi connectivity index (χ2n) is 4.25. The fourth-order valence-corrected chi connectivity index (χ4v) is 2.31. The first kappa shape index (κ1) is 16.2. The Hall–Kier alpha value is -1.82. The quantitative estimate of drug-likeness (QED) is 0.349. The molecule has 0 saturated heterocycles. The van der Waals surface area contributed by atoms with Gasteiger partial charge in [-0.1, -0.05) is 31.0 Å². The van der Waals surface area contributed by atoms with E-state index in [1.807, 2.05) is 13.8 Å². The molecule has 0 heterocycles. The highest BCUT2D eigenvalue weighted by Gasteiger charge is 2.16. The van der Waals surface area contributed by atoms with Crippen LogP contribution in [0.15, 0.2) is 41.0 Å². The van der Waals surface area contributed by atoms with Crippen molar-refractivity contribution < 1.29 is 22.1 Å². The lowest BCUT2D eigenvalue weighted by Crippen LogP contribution is -2.08. The first-order chi connectivity index (χ1) is 9.40. The van der Waals surface area contributed by atoms with Crippen molar-refractivity contribution in [3.05, 3.63) is 41.7 Å². The zero-order chi connectivity index (χ0) is 15.2. The highest BCUT2D eigenvalue weighted by molar-refractivity contribution is 7.86. The van der Waals surface area contributed by atoms with Gasteiger partial charge < -0.3 is 8.92 Å². The lowest BCUT2D eigenvalue weighted by Gasteiger charge is -2.06. The molecule has 1 aromatic rings. The fourth-order valence-electron chi connectivity index (χ4n) is 1.49. The van der Waals surface area contributed by atoms with Gasteiger partial charge in [0.1, 0.15) is 11.2 Å². The van der Waals surface area contributed by atoms with E-state index in [1.165, 1.54) is 19.2 Å². The molecule has 1 rings (SSSR count). The van der Waals surface area contributed by atoms with Gasteiger partial charge in [0.05, 0.1) is 12.7 Å². The van der Waals surface area contributed by atoms with E-state index >= 15 is 0 Å². The lowest BCUT2D eigenvalue weighted by atomic mass is 10.2. The van der Waals surface area contributed by atoms with E-state index in [9.17, 15) is 13.2 Å². The number of benzene rings is 1. The summed E-state index contributed by atoms with van der Waals surface area (Å²) in [5, 5.41) is 0. The van der Waals surface area contributed by atoms with Crippen LogP contribution in [-0.4, -0.2) is 21.5 Å². The molecular formula is C14H18O5S. The minimum atomic E-state index is -3.92. The molecule has 0 saturated carbocycles.